The fraction of sp³-hybridized carbons (Fsp3) is 0. The molecule has 0 unspecified atom stereocenters. The number of rotatable bonds is 0. The average molecular weight is 242 g/mol. The van der Waals surface area contributed by atoms with Gasteiger partial charge in [-0.05, 0) is 0 Å². The predicted octanol–water partition coefficient (Wildman–Crippen LogP) is -3.05. The normalized spacial score (nSPS) is 0. The van der Waals surface area contributed by atoms with Crippen molar-refractivity contribution in [1.82, 2.24) is 6.15 Å². The quantitative estimate of drug-likeness (QED) is 0.442. The zero-order chi connectivity index (χ0) is 0. The molecule has 0 aromatic heterocycles. The molecule has 0 saturated heterocycles. The maximum Gasteiger partial charge on any atom is 2.00 e. The van der Waals surface area contributed by atoms with E-state index in [2.05, 4.69) is 0 Å². The van der Waals surface area contributed by atoms with Crippen LogP contribution in [0, 0.1) is 0 Å². The number of hydrogen-bond donors (Lipinski definition) is 1. The Hall–Kier alpha value is 1.33. The van der Waals surface area contributed by atoms with E-state index in [0.29, 0.717) is 0 Å². The molecule has 0 heterocycles. The molecule has 11 N–H and O–H groups in total. The van der Waals surface area contributed by atoms with E-state index in [1.807, 2.05) is 0 Å². The van der Waals surface area contributed by atoms with Gasteiger partial charge in [-0.2, -0.15) is 0 Å². The number of hydrogen-bond acceptors (Lipinski definition) is 3. The molecule has 7 heavy (non-hydrogen) atoms. The summed E-state index contributed by atoms with van der Waals surface area (Å²) in [4.78, 5) is 0. The molecule has 0 atom stereocenters. The van der Waals surface area contributed by atoms with Crippen molar-refractivity contribution in [3.63, 3.8) is 0 Å². The molecule has 0 aliphatic carbocycles. The zero-order valence-electron chi connectivity index (χ0n) is 3.81. The molecule has 0 amide bonds. The molecule has 7 heteroatoms. The van der Waals surface area contributed by atoms with Crippen LogP contribution in [0.15, 0.2) is 0 Å². The molecule has 0 aromatic rings. The standard InChI is InChI=1S/Ba.H3N.5H2O/h;1H3;5*1H2/q+2;;;;;;/p-2. The van der Waals surface area contributed by atoms with Gasteiger partial charge in [-0.25, -0.2) is 0 Å². The van der Waals surface area contributed by atoms with E-state index in [4.69, 9.17) is 0 Å². The molecular weight excluding hydrogens is 231 g/mol. The summed E-state index contributed by atoms with van der Waals surface area (Å²) in [6, 6.07) is 0. The first-order valence-corrected chi connectivity index (χ1v) is 0. The summed E-state index contributed by atoms with van der Waals surface area (Å²) in [5.41, 5.74) is 0. The Balaban J connectivity index is 0. The van der Waals surface area contributed by atoms with Crippen molar-refractivity contribution in [3.8, 4) is 0 Å². The van der Waals surface area contributed by atoms with Gasteiger partial charge in [0.05, 0.1) is 0 Å². The van der Waals surface area contributed by atoms with Gasteiger partial charge in [0.2, 0.25) is 0 Å². The minimum absolute atomic E-state index is 0. The molecular formula is H11BaNO5. The Morgan fingerprint density at radius 1 is 0.571 bits per heavy atom. The van der Waals surface area contributed by atoms with E-state index in [0.717, 1.165) is 0 Å². The van der Waals surface area contributed by atoms with E-state index < -0.39 is 0 Å². The van der Waals surface area contributed by atoms with Gasteiger partial charge in [0.25, 0.3) is 0 Å². The Morgan fingerprint density at radius 3 is 0.571 bits per heavy atom. The SMILES string of the molecule is N.O.O.O.[Ba+2].[OH-].[OH-]. The van der Waals surface area contributed by atoms with Crippen LogP contribution in [-0.4, -0.2) is 76.3 Å². The van der Waals surface area contributed by atoms with Crippen LogP contribution in [-0.2, 0) is 0 Å². The smallest absolute Gasteiger partial charge is 0.870 e. The van der Waals surface area contributed by atoms with E-state index in [1.165, 1.54) is 0 Å². The summed E-state index contributed by atoms with van der Waals surface area (Å²) in [5.74, 6) is 0. The van der Waals surface area contributed by atoms with Crippen LogP contribution in [0.2, 0.25) is 0 Å². The van der Waals surface area contributed by atoms with Crippen LogP contribution in [0.4, 0.5) is 0 Å². The third-order valence-electron chi connectivity index (χ3n) is 0. The second kappa shape index (κ2) is 166. The van der Waals surface area contributed by atoms with Gasteiger partial charge in [0, 0.05) is 0 Å². The average Bonchev–Trinajstić information content (AvgIpc) is 0. The molecule has 48 valence electrons. The summed E-state index contributed by atoms with van der Waals surface area (Å²) in [7, 11) is 0. The maximum atomic E-state index is 0. The Labute approximate surface area is 81.5 Å². The summed E-state index contributed by atoms with van der Waals surface area (Å²) in [5, 5.41) is 0. The predicted molar refractivity (Wildman–Crippen MR) is 25.5 cm³/mol. The summed E-state index contributed by atoms with van der Waals surface area (Å²) < 4.78 is 0. The molecule has 6 nitrogen and oxygen atoms in total. The minimum Gasteiger partial charge on any atom is -0.870 e. The Kier molecular flexibility index (Phi) is 5980. The van der Waals surface area contributed by atoms with E-state index in [9.17, 15) is 0 Å². The van der Waals surface area contributed by atoms with Crippen molar-refractivity contribution >= 4 is 48.9 Å². The van der Waals surface area contributed by atoms with Gasteiger partial charge in [0.1, 0.15) is 0 Å². The van der Waals surface area contributed by atoms with Gasteiger partial charge in [-0.1, -0.05) is 0 Å². The van der Waals surface area contributed by atoms with Crippen molar-refractivity contribution in [2.24, 2.45) is 0 Å². The minimum atomic E-state index is 0. The summed E-state index contributed by atoms with van der Waals surface area (Å²) in [6.45, 7) is 0. The van der Waals surface area contributed by atoms with Crippen molar-refractivity contribution in [2.45, 2.75) is 0 Å². The van der Waals surface area contributed by atoms with Gasteiger partial charge < -0.3 is 33.5 Å². The van der Waals surface area contributed by atoms with Gasteiger partial charge in [-0.15, -0.1) is 0 Å². The molecule has 0 aliphatic rings. The van der Waals surface area contributed by atoms with Crippen molar-refractivity contribution in [1.29, 1.82) is 0 Å². The van der Waals surface area contributed by atoms with E-state index in [1.54, 1.807) is 0 Å². The second-order valence-electron chi connectivity index (χ2n) is 0. The fourth-order valence-corrected chi connectivity index (χ4v) is 0. The molecule has 0 radical (unpaired) electrons. The van der Waals surface area contributed by atoms with E-state index in [-0.39, 0.29) is 82.4 Å². The first-order valence-electron chi connectivity index (χ1n) is 0. The van der Waals surface area contributed by atoms with Gasteiger partial charge in [0.15, 0.2) is 0 Å². The Morgan fingerprint density at radius 2 is 0.571 bits per heavy atom. The fourth-order valence-electron chi connectivity index (χ4n) is 0. The third kappa shape index (κ3) is 118. The molecule has 0 rings (SSSR count). The summed E-state index contributed by atoms with van der Waals surface area (Å²) in [6.07, 6.45) is 0. The van der Waals surface area contributed by atoms with Crippen molar-refractivity contribution in [2.75, 3.05) is 0 Å². The van der Waals surface area contributed by atoms with Crippen LogP contribution >= 0.6 is 0 Å². The zero-order valence-corrected chi connectivity index (χ0v) is 8.25. The first-order chi connectivity index (χ1) is 0. The molecule has 0 saturated carbocycles. The summed E-state index contributed by atoms with van der Waals surface area (Å²) >= 11 is 0. The molecule has 0 bridgehead atoms. The van der Waals surface area contributed by atoms with Crippen LogP contribution in [0.25, 0.3) is 0 Å². The first kappa shape index (κ1) is 253. The maximum absolute atomic E-state index is 0. The van der Waals surface area contributed by atoms with E-state index >= 15 is 0 Å². The van der Waals surface area contributed by atoms with Crippen molar-refractivity contribution in [3.05, 3.63) is 0 Å². The molecule has 0 aliphatic heterocycles. The Bertz CT molecular complexity index is 8.04. The van der Waals surface area contributed by atoms with Gasteiger partial charge >= 0.3 is 48.9 Å². The largest absolute Gasteiger partial charge is 2.00 e. The monoisotopic (exact) mass is 243 g/mol. The van der Waals surface area contributed by atoms with Crippen LogP contribution < -0.4 is 6.15 Å². The van der Waals surface area contributed by atoms with Crippen LogP contribution in [0.1, 0.15) is 0 Å². The molecule has 0 spiro atoms. The van der Waals surface area contributed by atoms with Crippen molar-refractivity contribution < 1.29 is 27.4 Å². The van der Waals surface area contributed by atoms with Crippen LogP contribution in [0.3, 0.4) is 0 Å². The molecule has 0 aromatic carbocycles. The second-order valence-corrected chi connectivity index (χ2v) is 0. The van der Waals surface area contributed by atoms with Gasteiger partial charge in [-0.3, -0.25) is 0 Å². The van der Waals surface area contributed by atoms with Crippen LogP contribution in [0.5, 0.6) is 0 Å². The topological polar surface area (TPSA) is 190 Å². The molecule has 0 fully saturated rings. The third-order valence-corrected chi connectivity index (χ3v) is 0.